The predicted octanol–water partition coefficient (Wildman–Crippen LogP) is 2.76. The number of aryl methyl sites for hydroxylation is 2. The highest BCUT2D eigenvalue weighted by Gasteiger charge is 2.01. The topological polar surface area (TPSA) is 51.8 Å². The molecule has 0 saturated heterocycles. The molecule has 1 aromatic carbocycles. The van der Waals surface area contributed by atoms with Gasteiger partial charge in [-0.2, -0.15) is 0 Å². The van der Waals surface area contributed by atoms with E-state index in [1.807, 2.05) is 0 Å². The fourth-order valence-corrected chi connectivity index (χ4v) is 2.98. The molecule has 0 atom stereocenters. The number of thioether (sulfide) groups is 1. The second kappa shape index (κ2) is 5.32. The molecule has 0 aliphatic rings. The van der Waals surface area contributed by atoms with Crippen LogP contribution in [0.2, 0.25) is 0 Å². The van der Waals surface area contributed by atoms with Crippen molar-refractivity contribution >= 4 is 28.2 Å². The first-order valence-corrected chi connectivity index (χ1v) is 6.81. The number of nitrogens with zero attached hydrogens (tertiary/aromatic N) is 2. The Hall–Kier alpha value is -1.07. The largest absolute Gasteiger partial charge is 0.374 e. The summed E-state index contributed by atoms with van der Waals surface area (Å²) < 4.78 is 0.949. The molecule has 0 spiro atoms. The summed E-state index contributed by atoms with van der Waals surface area (Å²) in [7, 11) is 0. The minimum absolute atomic E-state index is 0.540. The van der Waals surface area contributed by atoms with Gasteiger partial charge in [0.25, 0.3) is 0 Å². The average Bonchev–Trinajstić information content (AvgIpc) is 2.67. The Morgan fingerprint density at radius 1 is 1.25 bits per heavy atom. The van der Waals surface area contributed by atoms with Crippen molar-refractivity contribution in [1.82, 2.24) is 10.2 Å². The van der Waals surface area contributed by atoms with Crippen LogP contribution in [-0.2, 0) is 6.42 Å². The van der Waals surface area contributed by atoms with Gasteiger partial charge in [-0.25, -0.2) is 0 Å². The van der Waals surface area contributed by atoms with E-state index in [1.165, 1.54) is 22.5 Å². The number of benzene rings is 1. The number of rotatable bonds is 4. The van der Waals surface area contributed by atoms with Gasteiger partial charge in [0.15, 0.2) is 4.34 Å². The molecule has 5 heteroatoms. The molecule has 1 aromatic heterocycles. The van der Waals surface area contributed by atoms with Gasteiger partial charge in [-0.3, -0.25) is 0 Å². The molecular formula is C11H13N3S2. The molecule has 2 aromatic rings. The van der Waals surface area contributed by atoms with Crippen molar-refractivity contribution < 1.29 is 0 Å². The molecule has 0 aliphatic carbocycles. The van der Waals surface area contributed by atoms with E-state index in [4.69, 9.17) is 5.73 Å². The number of aromatic nitrogens is 2. The lowest BCUT2D eigenvalue weighted by atomic mass is 10.1. The Labute approximate surface area is 103 Å². The van der Waals surface area contributed by atoms with Crippen LogP contribution < -0.4 is 5.73 Å². The number of anilines is 1. The van der Waals surface area contributed by atoms with Crippen molar-refractivity contribution in [2.45, 2.75) is 17.7 Å². The summed E-state index contributed by atoms with van der Waals surface area (Å²) in [6, 6.07) is 8.63. The number of hydrogen-bond acceptors (Lipinski definition) is 5. The van der Waals surface area contributed by atoms with Gasteiger partial charge in [-0.05, 0) is 18.9 Å². The first-order valence-electron chi connectivity index (χ1n) is 5.01. The monoisotopic (exact) mass is 251 g/mol. The summed E-state index contributed by atoms with van der Waals surface area (Å²) in [6.45, 7) is 2.10. The summed E-state index contributed by atoms with van der Waals surface area (Å²) in [5.74, 6) is 1.01. The van der Waals surface area contributed by atoms with E-state index < -0.39 is 0 Å². The first-order chi connectivity index (χ1) is 7.74. The van der Waals surface area contributed by atoms with Crippen LogP contribution in [0.25, 0.3) is 0 Å². The summed E-state index contributed by atoms with van der Waals surface area (Å²) in [5.41, 5.74) is 8.17. The van der Waals surface area contributed by atoms with Gasteiger partial charge in [-0.1, -0.05) is 52.9 Å². The summed E-state index contributed by atoms with van der Waals surface area (Å²) in [4.78, 5) is 0. The molecule has 0 bridgehead atoms. The fraction of sp³-hybridized carbons (Fsp3) is 0.273. The molecule has 16 heavy (non-hydrogen) atoms. The van der Waals surface area contributed by atoms with Crippen LogP contribution in [0.4, 0.5) is 5.13 Å². The van der Waals surface area contributed by atoms with E-state index in [0.717, 1.165) is 16.5 Å². The van der Waals surface area contributed by atoms with Crippen molar-refractivity contribution in [3.8, 4) is 0 Å². The molecule has 0 amide bonds. The SMILES string of the molecule is Cc1ccc(CCSc2nnc(N)s2)cc1. The molecule has 2 N–H and O–H groups in total. The Bertz CT molecular complexity index is 451. The Balaban J connectivity index is 1.82. The zero-order valence-electron chi connectivity index (χ0n) is 9.01. The summed E-state index contributed by atoms with van der Waals surface area (Å²) in [6.07, 6.45) is 1.05. The molecule has 0 radical (unpaired) electrons. The van der Waals surface area contributed by atoms with Gasteiger partial charge in [0.2, 0.25) is 5.13 Å². The van der Waals surface area contributed by atoms with Crippen molar-refractivity contribution in [3.05, 3.63) is 35.4 Å². The zero-order valence-corrected chi connectivity index (χ0v) is 10.6. The van der Waals surface area contributed by atoms with Gasteiger partial charge in [0, 0.05) is 5.75 Å². The molecule has 0 aliphatic heterocycles. The summed E-state index contributed by atoms with van der Waals surface area (Å²) >= 11 is 3.15. The maximum Gasteiger partial charge on any atom is 0.203 e. The number of nitrogen functional groups attached to an aromatic ring is 1. The van der Waals surface area contributed by atoms with E-state index >= 15 is 0 Å². The Morgan fingerprint density at radius 2 is 2.00 bits per heavy atom. The molecule has 84 valence electrons. The second-order valence-electron chi connectivity index (χ2n) is 3.49. The van der Waals surface area contributed by atoms with Crippen LogP contribution in [0.5, 0.6) is 0 Å². The fourth-order valence-electron chi connectivity index (χ4n) is 1.29. The van der Waals surface area contributed by atoms with E-state index in [2.05, 4.69) is 41.4 Å². The maximum atomic E-state index is 5.51. The zero-order chi connectivity index (χ0) is 11.4. The smallest absolute Gasteiger partial charge is 0.203 e. The molecule has 1 heterocycles. The second-order valence-corrected chi connectivity index (χ2v) is 5.84. The normalized spacial score (nSPS) is 10.6. The Morgan fingerprint density at radius 3 is 2.62 bits per heavy atom. The molecule has 0 unspecified atom stereocenters. The van der Waals surface area contributed by atoms with Gasteiger partial charge < -0.3 is 5.73 Å². The van der Waals surface area contributed by atoms with Crippen LogP contribution in [0, 0.1) is 6.92 Å². The van der Waals surface area contributed by atoms with Gasteiger partial charge in [0.05, 0.1) is 0 Å². The lowest BCUT2D eigenvalue weighted by Gasteiger charge is -2.00. The van der Waals surface area contributed by atoms with Gasteiger partial charge >= 0.3 is 0 Å². The molecule has 0 saturated carbocycles. The van der Waals surface area contributed by atoms with Crippen LogP contribution in [-0.4, -0.2) is 16.0 Å². The maximum absolute atomic E-state index is 5.51. The molecule has 0 fully saturated rings. The van der Waals surface area contributed by atoms with Crippen LogP contribution in [0.15, 0.2) is 28.6 Å². The molecule has 3 nitrogen and oxygen atoms in total. The third-order valence-electron chi connectivity index (χ3n) is 2.16. The third-order valence-corrected chi connectivity index (χ3v) is 4.05. The highest BCUT2D eigenvalue weighted by Crippen LogP contribution is 2.24. The van der Waals surface area contributed by atoms with E-state index in [0.29, 0.717) is 5.13 Å². The highest BCUT2D eigenvalue weighted by atomic mass is 32.2. The van der Waals surface area contributed by atoms with E-state index in [9.17, 15) is 0 Å². The lowest BCUT2D eigenvalue weighted by molar-refractivity contribution is 1.01. The predicted molar refractivity (Wildman–Crippen MR) is 69.9 cm³/mol. The third kappa shape index (κ3) is 3.21. The lowest BCUT2D eigenvalue weighted by Crippen LogP contribution is -1.88. The van der Waals surface area contributed by atoms with Crippen molar-refractivity contribution in [2.24, 2.45) is 0 Å². The van der Waals surface area contributed by atoms with Crippen molar-refractivity contribution in [3.63, 3.8) is 0 Å². The van der Waals surface area contributed by atoms with Crippen LogP contribution in [0.3, 0.4) is 0 Å². The average molecular weight is 251 g/mol. The minimum atomic E-state index is 0.540. The van der Waals surface area contributed by atoms with E-state index in [1.54, 1.807) is 11.8 Å². The van der Waals surface area contributed by atoms with E-state index in [-0.39, 0.29) is 0 Å². The van der Waals surface area contributed by atoms with Gasteiger partial charge in [0.1, 0.15) is 0 Å². The van der Waals surface area contributed by atoms with Crippen molar-refractivity contribution in [1.29, 1.82) is 0 Å². The highest BCUT2D eigenvalue weighted by molar-refractivity contribution is 8.01. The first kappa shape index (κ1) is 11.4. The van der Waals surface area contributed by atoms with Crippen molar-refractivity contribution in [2.75, 3.05) is 11.5 Å². The summed E-state index contributed by atoms with van der Waals surface area (Å²) in [5, 5.41) is 8.29. The Kier molecular flexibility index (Phi) is 3.79. The van der Waals surface area contributed by atoms with Crippen LogP contribution >= 0.6 is 23.1 Å². The van der Waals surface area contributed by atoms with Gasteiger partial charge in [-0.15, -0.1) is 10.2 Å². The van der Waals surface area contributed by atoms with Crippen LogP contribution in [0.1, 0.15) is 11.1 Å². The number of nitrogens with two attached hydrogens (primary N) is 1. The number of hydrogen-bond donors (Lipinski definition) is 1. The quantitative estimate of drug-likeness (QED) is 0.849. The minimum Gasteiger partial charge on any atom is -0.374 e. The molecule has 2 rings (SSSR count). The molecular weight excluding hydrogens is 238 g/mol. The standard InChI is InChI=1S/C11H13N3S2/c1-8-2-4-9(5-3-8)6-7-15-11-14-13-10(12)16-11/h2-5H,6-7H2,1H3,(H2,12,13).